The normalized spacial score (nSPS) is 11.5. The van der Waals surface area contributed by atoms with Crippen LogP contribution < -0.4 is 142 Å². The van der Waals surface area contributed by atoms with Crippen LogP contribution in [-0.4, -0.2) is 204 Å². The van der Waals surface area contributed by atoms with Gasteiger partial charge in [0.2, 0.25) is 0 Å². The predicted octanol–water partition coefficient (Wildman–Crippen LogP) is -34.6. The third-order valence-electron chi connectivity index (χ3n) is 18.6. The van der Waals surface area contributed by atoms with Gasteiger partial charge in [0.15, 0.2) is 0 Å². The number of hydrogen-bond acceptors (Lipinski definition) is 0. The Labute approximate surface area is 409 Å². The van der Waals surface area contributed by atoms with Gasteiger partial charge in [-0.1, -0.05) is 76.5 Å². The van der Waals surface area contributed by atoms with Crippen LogP contribution in [-0.2, 0) is 0 Å². The molecular weight excluding hydrogens is 738 g/mol. The largest absolute Gasteiger partial charge is 0.140 e. The van der Waals surface area contributed by atoms with Crippen molar-refractivity contribution in [2.24, 2.45) is 0 Å². The van der Waals surface area contributed by atoms with Crippen molar-refractivity contribution < 1.29 is 0 Å². The predicted molar refractivity (Wildman–Crippen MR) is 376 cm³/mol. The number of benzene rings is 7. The molecule has 26 heteroatoms. The lowest BCUT2D eigenvalue weighted by molar-refractivity contribution is 1.81. The maximum absolute atomic E-state index is 2.49. The van der Waals surface area contributed by atoms with Gasteiger partial charge in [0.05, 0.1) is 0 Å². The molecule has 0 unspecified atom stereocenters. The van der Waals surface area contributed by atoms with Crippen LogP contribution in [0.4, 0.5) is 0 Å². The first kappa shape index (κ1) is 48.7. The molecule has 0 spiro atoms. The van der Waals surface area contributed by atoms with E-state index in [9.17, 15) is 0 Å². The highest BCUT2D eigenvalue weighted by Crippen LogP contribution is 2.39. The molecule has 0 radical (unpaired) electrons. The van der Waals surface area contributed by atoms with Gasteiger partial charge in [-0.25, -0.2) is 0 Å². The summed E-state index contributed by atoms with van der Waals surface area (Å²) in [5, 5.41) is 5.70. The van der Waals surface area contributed by atoms with E-state index in [1.165, 1.54) is 208 Å². The van der Waals surface area contributed by atoms with Crippen LogP contribution in [0.25, 0.3) is 66.1 Å². The first-order chi connectivity index (χ1) is 29.7. The van der Waals surface area contributed by atoms with Crippen LogP contribution in [0.1, 0.15) is 0 Å². The van der Waals surface area contributed by atoms with Crippen LogP contribution in [0.3, 0.4) is 0 Å². The molecule has 0 amide bonds. The Bertz CT molecular complexity index is 3250. The number of hydrogen-bond donors (Lipinski definition) is 0. The van der Waals surface area contributed by atoms with Crippen LogP contribution >= 0.6 is 0 Å². The molecule has 7 rings (SSSR count). The molecule has 7 aromatic rings. The Morgan fingerprint density at radius 2 is 0.219 bits per heavy atom. The van der Waals surface area contributed by atoms with Crippen molar-refractivity contribution in [3.8, 4) is 44.5 Å². The van der Waals surface area contributed by atoms with Crippen molar-refractivity contribution in [1.82, 2.24) is 0 Å². The zero-order chi connectivity index (χ0) is 47.9. The SMILES string of the molecule is Bc1c(B)c(B)c(-c2c(B)c(B)c(B)c(-c3c(B)c(B)c4c(-c5c(B)c(B)c(B)c(B)c5B)c5c(B)c(B)c(B)c(B)c5c(-c5c(B)c(B)c(B)c(B)c5B)c4c3B)c2B)c(B)c1B. The Balaban J connectivity index is 1.91. The van der Waals surface area contributed by atoms with Gasteiger partial charge in [-0.05, 0) is 66.1 Å². The monoisotopic (exact) mass is 795 g/mol. The van der Waals surface area contributed by atoms with Gasteiger partial charge >= 0.3 is 0 Å². The topological polar surface area (TPSA) is 0 Å². The fourth-order valence-corrected chi connectivity index (χ4v) is 12.6. The molecule has 0 saturated carbocycles. The minimum Gasteiger partial charge on any atom is -0.102 e. The van der Waals surface area contributed by atoms with Crippen molar-refractivity contribution in [3.05, 3.63) is 0 Å². The Morgan fingerprint density at radius 1 is 0.0938 bits per heavy atom. The molecule has 0 nitrogen and oxygen atoms in total. The van der Waals surface area contributed by atoms with Crippen LogP contribution in [0.5, 0.6) is 0 Å². The molecule has 7 aromatic carbocycles. The van der Waals surface area contributed by atoms with Gasteiger partial charge in [-0.2, -0.15) is 0 Å². The van der Waals surface area contributed by atoms with E-state index in [2.05, 4.69) is 204 Å². The Morgan fingerprint density at radius 3 is 0.484 bits per heavy atom. The summed E-state index contributed by atoms with van der Waals surface area (Å²) in [6, 6.07) is 0. The Kier molecular flexibility index (Phi) is 12.8. The van der Waals surface area contributed by atoms with E-state index >= 15 is 0 Å². The maximum Gasteiger partial charge on any atom is 0.140 e. The minimum atomic E-state index is 1.39. The number of rotatable bonds is 4. The molecule has 0 aliphatic heterocycles. The quantitative estimate of drug-likeness (QED) is 0.123. The average molecular weight is 790 g/mol. The van der Waals surface area contributed by atoms with E-state index in [0.29, 0.717) is 0 Å². The third kappa shape index (κ3) is 6.57. The second-order valence-electron chi connectivity index (χ2n) is 20.8. The van der Waals surface area contributed by atoms with E-state index in [1.54, 1.807) is 0 Å². The van der Waals surface area contributed by atoms with Crippen molar-refractivity contribution >= 4 is 368 Å². The highest BCUT2D eigenvalue weighted by molar-refractivity contribution is 6.76. The molecule has 0 heterocycles. The summed E-state index contributed by atoms with van der Waals surface area (Å²) in [7, 11) is 61.8. The van der Waals surface area contributed by atoms with Crippen molar-refractivity contribution in [1.29, 1.82) is 0 Å². The standard InChI is InChI=1S/C38H52B26/c39-13-3-1(7-19(45)30(56)36(62)31(57)20(7)46)5-6(17(43)29(55)28(54)16(5)42)2(8-21(47)32(58)37(63)33(59)22(8)48)4(3)15(41)18(44)9(13)10-14(40)11(24(50)27(53)23(10)49)12-25(51)34(60)38(64)35(61)26(12)52/h39-64H2. The summed E-state index contributed by atoms with van der Waals surface area (Å²) >= 11 is 0. The molecule has 0 N–H and O–H groups in total. The van der Waals surface area contributed by atoms with Gasteiger partial charge in [-0.3, -0.25) is 0 Å². The molecule has 0 aromatic heterocycles. The Hall–Kier alpha value is -3.25. The maximum atomic E-state index is 2.49. The van der Waals surface area contributed by atoms with E-state index in [1.807, 2.05) is 0 Å². The molecule has 0 saturated heterocycles. The lowest BCUT2D eigenvalue weighted by Gasteiger charge is -2.33. The van der Waals surface area contributed by atoms with E-state index in [4.69, 9.17) is 0 Å². The molecule has 64 heavy (non-hydrogen) atoms. The summed E-state index contributed by atoms with van der Waals surface area (Å²) < 4.78 is 0. The number of fused-ring (bicyclic) bond motifs is 2. The zero-order valence-electron chi connectivity index (χ0n) is 45.0. The van der Waals surface area contributed by atoms with E-state index in [-0.39, 0.29) is 0 Å². The molecular formula is C38H52B26. The summed E-state index contributed by atoms with van der Waals surface area (Å²) in [6.45, 7) is 0. The fraction of sp³-hybridized carbons (Fsp3) is 0. The van der Waals surface area contributed by atoms with Crippen LogP contribution in [0.2, 0.25) is 0 Å². The van der Waals surface area contributed by atoms with Gasteiger partial charge in [-0.15, -0.1) is 65.6 Å². The molecule has 282 valence electrons. The summed E-state index contributed by atoms with van der Waals surface area (Å²) in [4.78, 5) is 0. The highest BCUT2D eigenvalue weighted by atomic mass is 14.3. The summed E-state index contributed by atoms with van der Waals surface area (Å²) in [5.74, 6) is 0. The molecule has 0 aliphatic rings. The van der Waals surface area contributed by atoms with Crippen molar-refractivity contribution in [2.75, 3.05) is 0 Å². The fourth-order valence-electron chi connectivity index (χ4n) is 12.6. The van der Waals surface area contributed by atoms with E-state index < -0.39 is 0 Å². The summed E-state index contributed by atoms with van der Waals surface area (Å²) in [5.41, 5.74) is 47.8. The minimum absolute atomic E-state index is 1.39. The lowest BCUT2D eigenvalue weighted by atomic mass is 9.54. The molecule has 0 atom stereocenters. The van der Waals surface area contributed by atoms with Crippen molar-refractivity contribution in [3.63, 3.8) is 0 Å². The smallest absolute Gasteiger partial charge is 0.102 e. The van der Waals surface area contributed by atoms with Gasteiger partial charge in [0.25, 0.3) is 0 Å². The van der Waals surface area contributed by atoms with Gasteiger partial charge < -0.3 is 0 Å². The second kappa shape index (κ2) is 16.8. The van der Waals surface area contributed by atoms with Crippen molar-refractivity contribution in [2.45, 2.75) is 0 Å². The average Bonchev–Trinajstić information content (AvgIpc) is 3.26. The lowest BCUT2D eigenvalue weighted by Crippen LogP contribution is -2.57. The van der Waals surface area contributed by atoms with Crippen LogP contribution in [0.15, 0.2) is 0 Å². The first-order valence-corrected chi connectivity index (χ1v) is 24.0. The third-order valence-corrected chi connectivity index (χ3v) is 18.6. The second-order valence-corrected chi connectivity index (χ2v) is 20.8. The highest BCUT2D eigenvalue weighted by Gasteiger charge is 2.31. The van der Waals surface area contributed by atoms with Crippen LogP contribution in [0, 0.1) is 0 Å². The molecule has 0 bridgehead atoms. The van der Waals surface area contributed by atoms with E-state index in [0.717, 1.165) is 0 Å². The zero-order valence-corrected chi connectivity index (χ0v) is 45.0. The van der Waals surface area contributed by atoms with Gasteiger partial charge in [0, 0.05) is 0 Å². The molecule has 0 aliphatic carbocycles. The first-order valence-electron chi connectivity index (χ1n) is 24.0. The molecule has 0 fully saturated rings. The van der Waals surface area contributed by atoms with Gasteiger partial charge in [0.1, 0.15) is 204 Å². The summed E-state index contributed by atoms with van der Waals surface area (Å²) in [6.07, 6.45) is 0.